The van der Waals surface area contributed by atoms with E-state index >= 15 is 0 Å². The summed E-state index contributed by atoms with van der Waals surface area (Å²) in [5.74, 6) is 0.763. The van der Waals surface area contributed by atoms with Crippen LogP contribution in [0.3, 0.4) is 0 Å². The van der Waals surface area contributed by atoms with Crippen LogP contribution >= 0.6 is 0 Å². The van der Waals surface area contributed by atoms with Crippen LogP contribution in [0.1, 0.15) is 47.5 Å². The summed E-state index contributed by atoms with van der Waals surface area (Å²) in [7, 11) is 0. The van der Waals surface area contributed by atoms with Crippen molar-refractivity contribution in [2.75, 3.05) is 0 Å². The first-order valence-corrected chi connectivity index (χ1v) is 4.35. The predicted molar refractivity (Wildman–Crippen MR) is 47.8 cm³/mol. The molecule has 61 valence electrons. The molecule has 0 bridgehead atoms. The second kappa shape index (κ2) is 4.00. The molecule has 0 atom stereocenters. The molecule has 0 aliphatic rings. The van der Waals surface area contributed by atoms with Gasteiger partial charge >= 0.3 is 0 Å². The van der Waals surface area contributed by atoms with Crippen LogP contribution in [0.2, 0.25) is 0 Å². The van der Waals surface area contributed by atoms with Gasteiger partial charge in [0.15, 0.2) is 0 Å². The van der Waals surface area contributed by atoms with Crippen molar-refractivity contribution in [1.82, 2.24) is 0 Å². The van der Waals surface area contributed by atoms with Gasteiger partial charge in [-0.05, 0) is 24.2 Å². The lowest BCUT2D eigenvalue weighted by atomic mass is 9.77. The van der Waals surface area contributed by atoms with Crippen LogP contribution in [0.5, 0.6) is 0 Å². The second-order valence-corrected chi connectivity index (χ2v) is 3.97. The standard InChI is InChI=1S/C10H21/c1-6-7-8-10(4,5)9(2)3/h8-9H,6-7H2,1-5H3. The monoisotopic (exact) mass is 141 g/mol. The van der Waals surface area contributed by atoms with E-state index in [1.807, 2.05) is 0 Å². The Morgan fingerprint density at radius 2 is 1.80 bits per heavy atom. The lowest BCUT2D eigenvalue weighted by Crippen LogP contribution is -2.19. The zero-order valence-corrected chi connectivity index (χ0v) is 8.07. The number of rotatable bonds is 4. The van der Waals surface area contributed by atoms with Crippen LogP contribution < -0.4 is 0 Å². The van der Waals surface area contributed by atoms with E-state index in [9.17, 15) is 0 Å². The summed E-state index contributed by atoms with van der Waals surface area (Å²) in [4.78, 5) is 0. The van der Waals surface area contributed by atoms with Crippen molar-refractivity contribution in [3.8, 4) is 0 Å². The molecule has 0 unspecified atom stereocenters. The average Bonchev–Trinajstić information content (AvgIpc) is 1.84. The molecule has 10 heavy (non-hydrogen) atoms. The van der Waals surface area contributed by atoms with Crippen molar-refractivity contribution in [3.05, 3.63) is 6.42 Å². The summed E-state index contributed by atoms with van der Waals surface area (Å²) in [5, 5.41) is 0. The Bertz CT molecular complexity index is 80.0. The SMILES string of the molecule is CCC[CH]C(C)(C)C(C)C. The van der Waals surface area contributed by atoms with Gasteiger partial charge in [0, 0.05) is 0 Å². The van der Waals surface area contributed by atoms with Crippen molar-refractivity contribution < 1.29 is 0 Å². The normalized spacial score (nSPS) is 12.6. The van der Waals surface area contributed by atoms with Gasteiger partial charge in [-0.1, -0.05) is 41.0 Å². The number of hydrogen-bond acceptors (Lipinski definition) is 0. The summed E-state index contributed by atoms with van der Waals surface area (Å²) < 4.78 is 0. The molecule has 0 rings (SSSR count). The highest BCUT2D eigenvalue weighted by Gasteiger charge is 2.20. The molecule has 0 amide bonds. The predicted octanol–water partition coefficient (Wildman–Crippen LogP) is 3.67. The lowest BCUT2D eigenvalue weighted by Gasteiger charge is -2.28. The molecule has 0 fully saturated rings. The Morgan fingerprint density at radius 1 is 1.30 bits per heavy atom. The van der Waals surface area contributed by atoms with E-state index in [0.29, 0.717) is 5.41 Å². The highest BCUT2D eigenvalue weighted by Crippen LogP contribution is 2.30. The van der Waals surface area contributed by atoms with Gasteiger partial charge in [0.2, 0.25) is 0 Å². The molecule has 0 spiro atoms. The first-order chi connectivity index (χ1) is 4.50. The minimum absolute atomic E-state index is 0.427. The largest absolute Gasteiger partial charge is 0.0654 e. The Kier molecular flexibility index (Phi) is 4.00. The van der Waals surface area contributed by atoms with Crippen LogP contribution in [-0.4, -0.2) is 0 Å². The molecular weight excluding hydrogens is 120 g/mol. The third-order valence-corrected chi connectivity index (χ3v) is 2.45. The molecule has 0 nitrogen and oxygen atoms in total. The first-order valence-electron chi connectivity index (χ1n) is 4.35. The fourth-order valence-electron chi connectivity index (χ4n) is 0.752. The maximum atomic E-state index is 2.44. The van der Waals surface area contributed by atoms with Gasteiger partial charge in [0.25, 0.3) is 0 Å². The molecule has 0 saturated heterocycles. The van der Waals surface area contributed by atoms with Gasteiger partial charge in [-0.15, -0.1) is 0 Å². The van der Waals surface area contributed by atoms with E-state index in [0.717, 1.165) is 5.92 Å². The molecule has 0 aliphatic carbocycles. The third kappa shape index (κ3) is 3.24. The Labute approximate surface area is 66.0 Å². The van der Waals surface area contributed by atoms with Gasteiger partial charge in [0.05, 0.1) is 0 Å². The van der Waals surface area contributed by atoms with Crippen molar-refractivity contribution >= 4 is 0 Å². The van der Waals surface area contributed by atoms with Crippen LogP contribution in [0.25, 0.3) is 0 Å². The second-order valence-electron chi connectivity index (χ2n) is 3.97. The smallest absolute Gasteiger partial charge is 0.0300 e. The van der Waals surface area contributed by atoms with Gasteiger partial charge in [0.1, 0.15) is 0 Å². The molecule has 0 N–H and O–H groups in total. The van der Waals surface area contributed by atoms with Gasteiger partial charge in [-0.2, -0.15) is 0 Å². The summed E-state index contributed by atoms with van der Waals surface area (Å²) in [5.41, 5.74) is 0.427. The van der Waals surface area contributed by atoms with E-state index in [2.05, 4.69) is 41.0 Å². The average molecular weight is 141 g/mol. The quantitative estimate of drug-likeness (QED) is 0.560. The maximum absolute atomic E-state index is 2.44. The zero-order chi connectivity index (χ0) is 8.20. The van der Waals surface area contributed by atoms with Gasteiger partial charge < -0.3 is 0 Å². The molecule has 0 heteroatoms. The minimum Gasteiger partial charge on any atom is -0.0654 e. The maximum Gasteiger partial charge on any atom is -0.0300 e. The van der Waals surface area contributed by atoms with E-state index in [1.54, 1.807) is 0 Å². The molecule has 0 heterocycles. The topological polar surface area (TPSA) is 0 Å². The number of unbranched alkanes of at least 4 members (excludes halogenated alkanes) is 1. The molecule has 0 saturated carbocycles. The lowest BCUT2D eigenvalue weighted by molar-refractivity contribution is 0.294. The summed E-state index contributed by atoms with van der Waals surface area (Å²) in [6, 6.07) is 0. The Morgan fingerprint density at radius 3 is 2.10 bits per heavy atom. The fourth-order valence-corrected chi connectivity index (χ4v) is 0.752. The first kappa shape index (κ1) is 10.0. The molecular formula is C10H21. The Hall–Kier alpha value is 0. The summed E-state index contributed by atoms with van der Waals surface area (Å²) >= 11 is 0. The molecule has 0 aromatic carbocycles. The van der Waals surface area contributed by atoms with E-state index in [-0.39, 0.29) is 0 Å². The summed E-state index contributed by atoms with van der Waals surface area (Å²) in [6.45, 7) is 11.4. The van der Waals surface area contributed by atoms with Crippen LogP contribution in [0.4, 0.5) is 0 Å². The van der Waals surface area contributed by atoms with E-state index in [4.69, 9.17) is 0 Å². The zero-order valence-electron chi connectivity index (χ0n) is 8.07. The van der Waals surface area contributed by atoms with Crippen molar-refractivity contribution in [2.24, 2.45) is 11.3 Å². The number of hydrogen-bond donors (Lipinski definition) is 0. The summed E-state index contributed by atoms with van der Waals surface area (Å²) in [6.07, 6.45) is 4.97. The van der Waals surface area contributed by atoms with Crippen LogP contribution in [0, 0.1) is 17.8 Å². The van der Waals surface area contributed by atoms with Crippen LogP contribution in [-0.2, 0) is 0 Å². The fraction of sp³-hybridized carbons (Fsp3) is 0.900. The van der Waals surface area contributed by atoms with E-state index in [1.165, 1.54) is 12.8 Å². The Balaban J connectivity index is 3.63. The minimum atomic E-state index is 0.427. The van der Waals surface area contributed by atoms with Crippen molar-refractivity contribution in [3.63, 3.8) is 0 Å². The van der Waals surface area contributed by atoms with Crippen LogP contribution in [0.15, 0.2) is 0 Å². The molecule has 1 radical (unpaired) electrons. The highest BCUT2D eigenvalue weighted by atomic mass is 14.3. The van der Waals surface area contributed by atoms with Crippen molar-refractivity contribution in [1.29, 1.82) is 0 Å². The van der Waals surface area contributed by atoms with Gasteiger partial charge in [-0.3, -0.25) is 0 Å². The van der Waals surface area contributed by atoms with E-state index < -0.39 is 0 Å². The highest BCUT2D eigenvalue weighted by molar-refractivity contribution is 4.86. The van der Waals surface area contributed by atoms with Crippen molar-refractivity contribution in [2.45, 2.75) is 47.5 Å². The van der Waals surface area contributed by atoms with Gasteiger partial charge in [-0.25, -0.2) is 0 Å². The molecule has 0 aromatic rings. The molecule has 0 aliphatic heterocycles. The third-order valence-electron chi connectivity index (χ3n) is 2.45. The molecule has 0 aromatic heterocycles.